The summed E-state index contributed by atoms with van der Waals surface area (Å²) in [6.45, 7) is 9.67. The molecule has 0 aromatic carbocycles. The van der Waals surface area contributed by atoms with Crippen molar-refractivity contribution in [1.29, 1.82) is 0 Å². The molecule has 1 aliphatic rings. The topological polar surface area (TPSA) is 34.4 Å². The van der Waals surface area contributed by atoms with Crippen LogP contribution in [0.5, 0.6) is 0 Å². The van der Waals surface area contributed by atoms with Gasteiger partial charge in [-0.15, -0.1) is 0 Å². The summed E-state index contributed by atoms with van der Waals surface area (Å²) in [4.78, 5) is 0. The van der Waals surface area contributed by atoms with E-state index in [4.69, 9.17) is 9.15 Å². The van der Waals surface area contributed by atoms with Crippen LogP contribution in [-0.4, -0.2) is 11.6 Å². The van der Waals surface area contributed by atoms with Gasteiger partial charge >= 0.3 is 0 Å². The first-order valence-electron chi connectivity index (χ1n) is 6.39. The van der Waals surface area contributed by atoms with Crippen LogP contribution < -0.4 is 5.32 Å². The molecule has 1 aliphatic carbocycles. The molecule has 1 N–H and O–H groups in total. The summed E-state index contributed by atoms with van der Waals surface area (Å²) in [5.41, 5.74) is 1.06. The Bertz CT molecular complexity index is 372. The SMILES string of the molecule is Cc1oc(CNC2CC2)cc1COC(C)(C)C. The molecule has 1 fully saturated rings. The van der Waals surface area contributed by atoms with Crippen molar-refractivity contribution < 1.29 is 9.15 Å². The Morgan fingerprint density at radius 3 is 2.71 bits per heavy atom. The van der Waals surface area contributed by atoms with Crippen molar-refractivity contribution >= 4 is 0 Å². The van der Waals surface area contributed by atoms with E-state index in [1.807, 2.05) is 6.92 Å². The predicted octanol–water partition coefficient (Wildman–Crippen LogP) is 3.16. The lowest BCUT2D eigenvalue weighted by Crippen LogP contribution is -2.18. The van der Waals surface area contributed by atoms with Gasteiger partial charge in [0.25, 0.3) is 0 Å². The van der Waals surface area contributed by atoms with Gasteiger partial charge in [-0.2, -0.15) is 0 Å². The molecule has 1 heterocycles. The fraction of sp³-hybridized carbons (Fsp3) is 0.714. The zero-order valence-corrected chi connectivity index (χ0v) is 11.3. The standard InChI is InChI=1S/C14H23NO2/c1-10-11(9-16-14(2,3)4)7-13(17-10)8-15-12-5-6-12/h7,12,15H,5-6,8-9H2,1-4H3. The van der Waals surface area contributed by atoms with E-state index in [0.717, 1.165) is 29.7 Å². The van der Waals surface area contributed by atoms with Crippen LogP contribution in [0.4, 0.5) is 0 Å². The summed E-state index contributed by atoms with van der Waals surface area (Å²) in [5.74, 6) is 1.99. The second-order valence-electron chi connectivity index (χ2n) is 5.85. The van der Waals surface area contributed by atoms with Crippen molar-refractivity contribution in [3.63, 3.8) is 0 Å². The molecule has 1 saturated carbocycles. The third kappa shape index (κ3) is 4.17. The maximum Gasteiger partial charge on any atom is 0.118 e. The lowest BCUT2D eigenvalue weighted by molar-refractivity contribution is -0.0153. The maximum atomic E-state index is 5.77. The molecule has 17 heavy (non-hydrogen) atoms. The van der Waals surface area contributed by atoms with Gasteiger partial charge in [0.15, 0.2) is 0 Å². The second-order valence-corrected chi connectivity index (χ2v) is 5.85. The van der Waals surface area contributed by atoms with E-state index in [2.05, 4.69) is 32.2 Å². The van der Waals surface area contributed by atoms with Gasteiger partial charge in [0.2, 0.25) is 0 Å². The Morgan fingerprint density at radius 2 is 2.12 bits per heavy atom. The van der Waals surface area contributed by atoms with Crippen molar-refractivity contribution in [3.05, 3.63) is 23.2 Å². The van der Waals surface area contributed by atoms with Crippen LogP contribution in [-0.2, 0) is 17.9 Å². The number of rotatable bonds is 5. The summed E-state index contributed by atoms with van der Waals surface area (Å²) in [5, 5.41) is 3.45. The van der Waals surface area contributed by atoms with Gasteiger partial charge < -0.3 is 14.5 Å². The van der Waals surface area contributed by atoms with E-state index >= 15 is 0 Å². The number of nitrogens with one attached hydrogen (secondary N) is 1. The Kier molecular flexibility index (Phi) is 3.59. The molecule has 0 amide bonds. The predicted molar refractivity (Wildman–Crippen MR) is 67.8 cm³/mol. The zero-order chi connectivity index (χ0) is 12.5. The normalized spacial score (nSPS) is 16.5. The molecule has 0 radical (unpaired) electrons. The van der Waals surface area contributed by atoms with Crippen LogP contribution in [0.15, 0.2) is 10.5 Å². The number of ether oxygens (including phenoxy) is 1. The van der Waals surface area contributed by atoms with Crippen LogP contribution in [0.1, 0.15) is 50.7 Å². The first kappa shape index (κ1) is 12.7. The van der Waals surface area contributed by atoms with Gasteiger partial charge in [-0.3, -0.25) is 0 Å². The smallest absolute Gasteiger partial charge is 0.118 e. The highest BCUT2D eigenvalue weighted by atomic mass is 16.5. The number of hydrogen-bond donors (Lipinski definition) is 1. The molecule has 0 bridgehead atoms. The Morgan fingerprint density at radius 1 is 1.41 bits per heavy atom. The van der Waals surface area contributed by atoms with E-state index in [1.165, 1.54) is 12.8 Å². The molecule has 96 valence electrons. The summed E-state index contributed by atoms with van der Waals surface area (Å²) in [7, 11) is 0. The average molecular weight is 237 g/mol. The highest BCUT2D eigenvalue weighted by molar-refractivity contribution is 5.20. The van der Waals surface area contributed by atoms with E-state index in [1.54, 1.807) is 0 Å². The van der Waals surface area contributed by atoms with Gasteiger partial charge in [-0.25, -0.2) is 0 Å². The molecule has 1 aromatic rings. The highest BCUT2D eigenvalue weighted by Gasteiger charge is 2.21. The molecule has 0 spiro atoms. The van der Waals surface area contributed by atoms with Gasteiger partial charge in [-0.05, 0) is 46.6 Å². The van der Waals surface area contributed by atoms with E-state index in [9.17, 15) is 0 Å². The first-order chi connectivity index (χ1) is 7.94. The Balaban J connectivity index is 1.88. The number of furan rings is 1. The molecule has 0 unspecified atom stereocenters. The van der Waals surface area contributed by atoms with Gasteiger partial charge in [0.05, 0.1) is 18.8 Å². The fourth-order valence-corrected chi connectivity index (χ4v) is 1.64. The minimum Gasteiger partial charge on any atom is -0.465 e. The van der Waals surface area contributed by atoms with Crippen molar-refractivity contribution in [1.82, 2.24) is 5.32 Å². The lowest BCUT2D eigenvalue weighted by Gasteiger charge is -2.18. The van der Waals surface area contributed by atoms with Crippen molar-refractivity contribution in [3.8, 4) is 0 Å². The molecule has 0 saturated heterocycles. The first-order valence-corrected chi connectivity index (χ1v) is 6.39. The maximum absolute atomic E-state index is 5.77. The molecule has 1 aromatic heterocycles. The second kappa shape index (κ2) is 4.83. The number of aryl methyl sites for hydroxylation is 1. The van der Waals surface area contributed by atoms with Crippen LogP contribution in [0, 0.1) is 6.92 Å². The minimum atomic E-state index is -0.101. The van der Waals surface area contributed by atoms with Crippen molar-refractivity contribution in [2.45, 2.75) is 65.3 Å². The third-order valence-corrected chi connectivity index (χ3v) is 2.87. The van der Waals surface area contributed by atoms with Crippen LogP contribution in [0.2, 0.25) is 0 Å². The van der Waals surface area contributed by atoms with Crippen LogP contribution in [0.3, 0.4) is 0 Å². The largest absolute Gasteiger partial charge is 0.465 e. The Hall–Kier alpha value is -0.800. The quantitative estimate of drug-likeness (QED) is 0.854. The van der Waals surface area contributed by atoms with Gasteiger partial charge in [0.1, 0.15) is 11.5 Å². The average Bonchev–Trinajstić information content (AvgIpc) is 2.97. The van der Waals surface area contributed by atoms with E-state index in [0.29, 0.717) is 6.61 Å². The lowest BCUT2D eigenvalue weighted by atomic mass is 10.2. The van der Waals surface area contributed by atoms with Crippen molar-refractivity contribution in [2.24, 2.45) is 0 Å². The fourth-order valence-electron chi connectivity index (χ4n) is 1.64. The summed E-state index contributed by atoms with van der Waals surface area (Å²) in [6.07, 6.45) is 2.61. The Labute approximate surface area is 104 Å². The monoisotopic (exact) mass is 237 g/mol. The molecule has 0 atom stereocenters. The molecule has 0 aliphatic heterocycles. The zero-order valence-electron chi connectivity index (χ0n) is 11.3. The van der Waals surface area contributed by atoms with Crippen LogP contribution in [0.25, 0.3) is 0 Å². The molecule has 2 rings (SSSR count). The molecular weight excluding hydrogens is 214 g/mol. The molecular formula is C14H23NO2. The summed E-state index contributed by atoms with van der Waals surface area (Å²) in [6, 6.07) is 2.82. The van der Waals surface area contributed by atoms with Crippen LogP contribution >= 0.6 is 0 Å². The van der Waals surface area contributed by atoms with E-state index in [-0.39, 0.29) is 5.60 Å². The highest BCUT2D eigenvalue weighted by Crippen LogP contribution is 2.22. The minimum absolute atomic E-state index is 0.101. The van der Waals surface area contributed by atoms with E-state index < -0.39 is 0 Å². The summed E-state index contributed by atoms with van der Waals surface area (Å²) >= 11 is 0. The molecule has 3 heteroatoms. The van der Waals surface area contributed by atoms with Crippen molar-refractivity contribution in [2.75, 3.05) is 0 Å². The van der Waals surface area contributed by atoms with Gasteiger partial charge in [0, 0.05) is 11.6 Å². The summed E-state index contributed by atoms with van der Waals surface area (Å²) < 4.78 is 11.5. The number of hydrogen-bond acceptors (Lipinski definition) is 3. The van der Waals surface area contributed by atoms with Gasteiger partial charge in [-0.1, -0.05) is 0 Å². The third-order valence-electron chi connectivity index (χ3n) is 2.87. The molecule has 3 nitrogen and oxygen atoms in total.